The fraction of sp³-hybridized carbons (Fsp3) is 0.500. The van der Waals surface area contributed by atoms with Crippen LogP contribution in [0, 0.1) is 11.8 Å². The smallest absolute Gasteiger partial charge is 0.453 e. The van der Waals surface area contributed by atoms with E-state index in [9.17, 15) is 31.5 Å². The van der Waals surface area contributed by atoms with Gasteiger partial charge < -0.3 is 14.7 Å². The van der Waals surface area contributed by atoms with E-state index in [1.54, 1.807) is 30.3 Å². The van der Waals surface area contributed by atoms with Gasteiger partial charge in [0.1, 0.15) is 6.61 Å². The predicted molar refractivity (Wildman–Crippen MR) is 78.4 cm³/mol. The summed E-state index contributed by atoms with van der Waals surface area (Å²) >= 11 is 0. The first-order valence-corrected chi connectivity index (χ1v) is 7.65. The van der Waals surface area contributed by atoms with Crippen molar-refractivity contribution < 1.29 is 41.4 Å². The lowest BCUT2D eigenvalue weighted by molar-refractivity contribution is -0.307. The number of alkyl halides is 5. The summed E-state index contributed by atoms with van der Waals surface area (Å²) in [5, 5.41) is 9.03. The maximum Gasteiger partial charge on any atom is 0.453 e. The molecule has 1 aliphatic rings. The number of hydrogen-bond donors (Lipinski definition) is 1. The summed E-state index contributed by atoms with van der Waals surface area (Å²) in [4.78, 5) is 23.8. The zero-order valence-corrected chi connectivity index (χ0v) is 13.4. The maximum absolute atomic E-state index is 13.6. The van der Waals surface area contributed by atoms with Gasteiger partial charge in [0, 0.05) is 13.1 Å². The molecule has 2 rings (SSSR count). The van der Waals surface area contributed by atoms with Gasteiger partial charge in [-0.3, -0.25) is 4.79 Å². The van der Waals surface area contributed by atoms with Crippen LogP contribution in [0.5, 0.6) is 0 Å². The van der Waals surface area contributed by atoms with E-state index in [-0.39, 0.29) is 6.61 Å². The van der Waals surface area contributed by atoms with E-state index in [0.29, 0.717) is 10.5 Å². The number of halogens is 5. The Morgan fingerprint density at radius 3 is 2.27 bits per heavy atom. The largest absolute Gasteiger partial charge is 0.481 e. The lowest BCUT2D eigenvalue weighted by Crippen LogP contribution is -2.55. The molecule has 1 saturated heterocycles. The number of carbonyl (C=O) groups is 2. The molecular formula is C16H16F5NO4. The molecule has 5 nitrogen and oxygen atoms in total. The molecular weight excluding hydrogens is 365 g/mol. The third-order valence-corrected chi connectivity index (χ3v) is 4.15. The molecule has 1 fully saturated rings. The Kier molecular flexibility index (Phi) is 5.72. The molecule has 1 heterocycles. The Bertz CT molecular complexity index is 650. The summed E-state index contributed by atoms with van der Waals surface area (Å²) in [6.45, 7) is -1.65. The first kappa shape index (κ1) is 19.9. The molecule has 0 aliphatic carbocycles. The van der Waals surface area contributed by atoms with Crippen LogP contribution < -0.4 is 0 Å². The number of rotatable bonds is 4. The highest BCUT2D eigenvalue weighted by molar-refractivity contribution is 5.73. The Morgan fingerprint density at radius 2 is 1.73 bits per heavy atom. The summed E-state index contributed by atoms with van der Waals surface area (Å²) in [6.07, 6.45) is -7.86. The van der Waals surface area contributed by atoms with Gasteiger partial charge in [0.15, 0.2) is 0 Å². The van der Waals surface area contributed by atoms with Gasteiger partial charge in [-0.1, -0.05) is 30.3 Å². The quantitative estimate of drug-likeness (QED) is 0.811. The van der Waals surface area contributed by atoms with Gasteiger partial charge in [-0.05, 0) is 12.0 Å². The van der Waals surface area contributed by atoms with Gasteiger partial charge in [-0.2, -0.15) is 22.0 Å². The molecule has 2 unspecified atom stereocenters. The molecule has 0 aromatic heterocycles. The van der Waals surface area contributed by atoms with E-state index in [1.807, 2.05) is 0 Å². The molecule has 0 spiro atoms. The molecule has 144 valence electrons. The zero-order chi connectivity index (χ0) is 19.5. The normalized spacial score (nSPS) is 21.3. The Balaban J connectivity index is 2.11. The minimum atomic E-state index is -5.84. The molecule has 0 bridgehead atoms. The molecule has 0 radical (unpaired) electrons. The average Bonchev–Trinajstić information content (AvgIpc) is 2.59. The van der Waals surface area contributed by atoms with Crippen LogP contribution in [0.15, 0.2) is 30.3 Å². The second-order valence-electron chi connectivity index (χ2n) is 6.03. The topological polar surface area (TPSA) is 66.8 Å². The molecule has 0 saturated carbocycles. The van der Waals surface area contributed by atoms with Crippen LogP contribution in [-0.2, 0) is 16.1 Å². The Hall–Kier alpha value is -2.39. The third-order valence-electron chi connectivity index (χ3n) is 4.15. The van der Waals surface area contributed by atoms with Crippen molar-refractivity contribution in [2.75, 3.05) is 13.1 Å². The van der Waals surface area contributed by atoms with Gasteiger partial charge in [0.05, 0.1) is 11.8 Å². The monoisotopic (exact) mass is 381 g/mol. The third kappa shape index (κ3) is 4.41. The summed E-state index contributed by atoms with van der Waals surface area (Å²) in [5.41, 5.74) is 0.588. The standard InChI is InChI=1S/C16H16F5NO4/c17-15(18,16(19,20)21)12-6-11(13(23)24)7-22(8-12)14(25)26-9-10-4-2-1-3-5-10/h1-5,11-12H,6-9H2,(H,23,24). The van der Waals surface area contributed by atoms with Crippen molar-refractivity contribution in [3.63, 3.8) is 0 Å². The van der Waals surface area contributed by atoms with E-state index in [4.69, 9.17) is 9.84 Å². The number of piperidine rings is 1. The number of hydrogen-bond acceptors (Lipinski definition) is 3. The van der Waals surface area contributed by atoms with Gasteiger partial charge in [-0.15, -0.1) is 0 Å². The van der Waals surface area contributed by atoms with Crippen molar-refractivity contribution >= 4 is 12.1 Å². The fourth-order valence-electron chi connectivity index (χ4n) is 2.73. The SMILES string of the molecule is O=C(O)C1CC(C(F)(F)C(F)(F)F)CN(C(=O)OCc2ccccc2)C1. The molecule has 1 amide bonds. The van der Waals surface area contributed by atoms with Crippen LogP contribution in [0.25, 0.3) is 0 Å². The zero-order valence-electron chi connectivity index (χ0n) is 13.4. The van der Waals surface area contributed by atoms with Gasteiger partial charge in [0.25, 0.3) is 0 Å². The molecule has 10 heteroatoms. The minimum Gasteiger partial charge on any atom is -0.481 e. The molecule has 2 atom stereocenters. The highest BCUT2D eigenvalue weighted by Crippen LogP contribution is 2.45. The number of carbonyl (C=O) groups excluding carboxylic acids is 1. The van der Waals surface area contributed by atoms with Crippen molar-refractivity contribution in [3.8, 4) is 0 Å². The Morgan fingerprint density at radius 1 is 1.12 bits per heavy atom. The van der Waals surface area contributed by atoms with E-state index in [1.165, 1.54) is 0 Å². The number of likely N-dealkylation sites (tertiary alicyclic amines) is 1. The van der Waals surface area contributed by atoms with E-state index in [2.05, 4.69) is 0 Å². The van der Waals surface area contributed by atoms with Crippen LogP contribution in [0.3, 0.4) is 0 Å². The average molecular weight is 381 g/mol. The van der Waals surface area contributed by atoms with Gasteiger partial charge in [-0.25, -0.2) is 4.79 Å². The number of carboxylic acids is 1. The van der Waals surface area contributed by atoms with Crippen LogP contribution in [0.4, 0.5) is 26.7 Å². The molecule has 1 aromatic carbocycles. The van der Waals surface area contributed by atoms with Crippen molar-refractivity contribution in [2.24, 2.45) is 11.8 Å². The van der Waals surface area contributed by atoms with Crippen LogP contribution >= 0.6 is 0 Å². The predicted octanol–water partition coefficient (Wildman–Crippen LogP) is 3.54. The van der Waals surface area contributed by atoms with Crippen molar-refractivity contribution in [2.45, 2.75) is 25.1 Å². The number of aliphatic carboxylic acids is 1. The van der Waals surface area contributed by atoms with E-state index in [0.717, 1.165) is 0 Å². The molecule has 26 heavy (non-hydrogen) atoms. The van der Waals surface area contributed by atoms with Crippen molar-refractivity contribution in [3.05, 3.63) is 35.9 Å². The van der Waals surface area contributed by atoms with Gasteiger partial charge in [0.2, 0.25) is 0 Å². The Labute approximate surface area is 145 Å². The van der Waals surface area contributed by atoms with E-state index < -0.39 is 55.5 Å². The summed E-state index contributed by atoms with van der Waals surface area (Å²) in [6, 6.07) is 8.32. The second-order valence-corrected chi connectivity index (χ2v) is 6.03. The highest BCUT2D eigenvalue weighted by atomic mass is 19.4. The number of benzene rings is 1. The van der Waals surface area contributed by atoms with Crippen LogP contribution in [-0.4, -0.2) is 47.3 Å². The summed E-state index contributed by atoms with van der Waals surface area (Å²) in [7, 11) is 0. The van der Waals surface area contributed by atoms with Crippen LogP contribution in [0.2, 0.25) is 0 Å². The van der Waals surface area contributed by atoms with E-state index >= 15 is 0 Å². The van der Waals surface area contributed by atoms with Gasteiger partial charge >= 0.3 is 24.2 Å². The minimum absolute atomic E-state index is 0.214. The second kappa shape index (κ2) is 7.46. The molecule has 1 N–H and O–H groups in total. The number of carboxylic acid groups (broad SMARTS) is 1. The molecule has 1 aliphatic heterocycles. The fourth-order valence-corrected chi connectivity index (χ4v) is 2.73. The number of ether oxygens (including phenoxy) is 1. The van der Waals surface area contributed by atoms with Crippen LogP contribution in [0.1, 0.15) is 12.0 Å². The molecule has 1 aromatic rings. The van der Waals surface area contributed by atoms with Crippen molar-refractivity contribution in [1.82, 2.24) is 4.90 Å². The van der Waals surface area contributed by atoms with Crippen molar-refractivity contribution in [1.29, 1.82) is 0 Å². The number of nitrogens with zero attached hydrogens (tertiary/aromatic N) is 1. The lowest BCUT2D eigenvalue weighted by Gasteiger charge is -2.39. The lowest BCUT2D eigenvalue weighted by atomic mass is 9.85. The first-order valence-electron chi connectivity index (χ1n) is 7.65. The summed E-state index contributed by atoms with van der Waals surface area (Å²) in [5.74, 6) is -10.6. The maximum atomic E-state index is 13.6. The summed E-state index contributed by atoms with van der Waals surface area (Å²) < 4.78 is 70.0. The highest BCUT2D eigenvalue weighted by Gasteiger charge is 2.63. The first-order chi connectivity index (χ1) is 12.0. The number of amides is 1.